The third-order valence-corrected chi connectivity index (χ3v) is 6.24. The molecule has 3 aromatic rings. The van der Waals surface area contributed by atoms with E-state index in [2.05, 4.69) is 35.4 Å². The molecule has 0 unspecified atom stereocenters. The van der Waals surface area contributed by atoms with Crippen molar-refractivity contribution in [3.63, 3.8) is 0 Å². The summed E-state index contributed by atoms with van der Waals surface area (Å²) in [6, 6.07) is 13.8. The van der Waals surface area contributed by atoms with Crippen LogP contribution in [0.25, 0.3) is 21.7 Å². The maximum absolute atomic E-state index is 12.7. The zero-order valence-corrected chi connectivity index (χ0v) is 27.3. The minimum Gasteiger partial charge on any atom is -0.406 e. The summed E-state index contributed by atoms with van der Waals surface area (Å²) in [6.07, 6.45) is -3.43. The van der Waals surface area contributed by atoms with Crippen LogP contribution in [-0.4, -0.2) is 115 Å². The minimum absolute atomic E-state index is 0.279. The van der Waals surface area contributed by atoms with Crippen LogP contribution in [0.15, 0.2) is 66.0 Å². The molecule has 1 heterocycles. The number of hydrogen-bond donors (Lipinski definition) is 2. The number of anilines is 2. The number of amides is 1. The van der Waals surface area contributed by atoms with Crippen LogP contribution in [0.5, 0.6) is 5.75 Å². The minimum atomic E-state index is -4.77. The van der Waals surface area contributed by atoms with Crippen molar-refractivity contribution in [2.75, 3.05) is 97.7 Å². The topological polar surface area (TPSA) is 180 Å². The molecule has 1 aromatic heterocycles. The number of halogens is 3. The molecule has 2 aromatic carbocycles. The van der Waals surface area contributed by atoms with E-state index in [0.717, 1.165) is 0 Å². The van der Waals surface area contributed by atoms with Gasteiger partial charge in [-0.3, -0.25) is 4.79 Å². The summed E-state index contributed by atoms with van der Waals surface area (Å²) in [5.74, 6) is -0.204. The molecule has 1 amide bonds. The lowest BCUT2D eigenvalue weighted by Crippen LogP contribution is -2.27. The molecule has 0 saturated carbocycles. The average Bonchev–Trinajstić information content (AvgIpc) is 3.11. The van der Waals surface area contributed by atoms with Gasteiger partial charge in [-0.05, 0) is 41.9 Å². The Bertz CT molecular complexity index is 1450. The van der Waals surface area contributed by atoms with E-state index in [1.165, 1.54) is 30.6 Å². The van der Waals surface area contributed by atoms with Gasteiger partial charge in [0, 0.05) is 40.9 Å². The Balaban J connectivity index is 1.20. The molecule has 0 spiro atoms. The summed E-state index contributed by atoms with van der Waals surface area (Å²) in [5.41, 5.74) is 10.3. The van der Waals surface area contributed by atoms with Gasteiger partial charge in [0.15, 0.2) is 0 Å². The monoisotopic (exact) mass is 707 g/mol. The van der Waals surface area contributed by atoms with Gasteiger partial charge in [-0.1, -0.05) is 17.2 Å². The summed E-state index contributed by atoms with van der Waals surface area (Å²) in [5, 5.41) is 9.18. The van der Waals surface area contributed by atoms with Crippen LogP contribution in [-0.2, 0) is 28.4 Å². The fourth-order valence-corrected chi connectivity index (χ4v) is 3.98. The second-order valence-corrected chi connectivity index (χ2v) is 9.95. The van der Waals surface area contributed by atoms with Crippen LogP contribution in [0.4, 0.5) is 24.7 Å². The second kappa shape index (κ2) is 23.7. The maximum Gasteiger partial charge on any atom is 0.573 e. The summed E-state index contributed by atoms with van der Waals surface area (Å²) in [6.45, 7) is 5.51. The Hall–Kier alpha value is -4.55. The summed E-state index contributed by atoms with van der Waals surface area (Å²) in [4.78, 5) is 23.8. The molecule has 3 rings (SSSR count). The van der Waals surface area contributed by atoms with Crippen LogP contribution in [0.3, 0.4) is 0 Å². The number of nitrogens with zero attached hydrogens (tertiary/aromatic N) is 5. The van der Waals surface area contributed by atoms with Crippen molar-refractivity contribution in [2.45, 2.75) is 6.36 Å². The largest absolute Gasteiger partial charge is 0.573 e. The summed E-state index contributed by atoms with van der Waals surface area (Å²) >= 11 is 0. The van der Waals surface area contributed by atoms with E-state index in [1.807, 2.05) is 0 Å². The molecule has 50 heavy (non-hydrogen) atoms. The molecule has 18 heteroatoms. The number of aromatic nitrogens is 2. The molecular weight excluding hydrogens is 667 g/mol. The first-order valence-corrected chi connectivity index (χ1v) is 15.6. The lowest BCUT2D eigenvalue weighted by Gasteiger charge is -2.11. The zero-order valence-electron chi connectivity index (χ0n) is 27.3. The molecule has 0 fully saturated rings. The highest BCUT2D eigenvalue weighted by molar-refractivity contribution is 5.95. The SMILES string of the molecule is [N-]=[N+]=NCCOCCOCCOCCOCCOCCOCCNC(=O)c1cccc(-c2cc(Nc3ccc(OC(F)(F)F)cc3)ncn2)c1. The predicted molar refractivity (Wildman–Crippen MR) is 175 cm³/mol. The molecule has 272 valence electrons. The fourth-order valence-electron chi connectivity index (χ4n) is 3.98. The number of nitrogens with one attached hydrogen (secondary N) is 2. The molecule has 0 aliphatic carbocycles. The van der Waals surface area contributed by atoms with Crippen molar-refractivity contribution in [1.82, 2.24) is 15.3 Å². The van der Waals surface area contributed by atoms with Crippen molar-refractivity contribution in [2.24, 2.45) is 5.11 Å². The normalized spacial score (nSPS) is 11.2. The molecule has 0 atom stereocenters. The van der Waals surface area contributed by atoms with Crippen LogP contribution in [0, 0.1) is 0 Å². The number of hydrogen-bond acceptors (Lipinski definition) is 12. The molecule has 2 N–H and O–H groups in total. The van der Waals surface area contributed by atoms with E-state index in [0.29, 0.717) is 121 Å². The van der Waals surface area contributed by atoms with Crippen LogP contribution < -0.4 is 15.4 Å². The quantitative estimate of drug-likeness (QED) is 0.0500. The van der Waals surface area contributed by atoms with Gasteiger partial charge in [0.05, 0.1) is 85.0 Å². The van der Waals surface area contributed by atoms with Crippen molar-refractivity contribution < 1.29 is 51.1 Å². The van der Waals surface area contributed by atoms with E-state index >= 15 is 0 Å². The maximum atomic E-state index is 12.7. The third kappa shape index (κ3) is 17.7. The van der Waals surface area contributed by atoms with Crippen LogP contribution in [0.2, 0.25) is 0 Å². The van der Waals surface area contributed by atoms with E-state index in [-0.39, 0.29) is 11.7 Å². The summed E-state index contributed by atoms with van der Waals surface area (Å²) < 4.78 is 73.5. The highest BCUT2D eigenvalue weighted by Gasteiger charge is 2.31. The number of benzene rings is 2. The van der Waals surface area contributed by atoms with Crippen molar-refractivity contribution in [3.05, 3.63) is 76.9 Å². The molecule has 0 aliphatic heterocycles. The highest BCUT2D eigenvalue weighted by Crippen LogP contribution is 2.26. The Kier molecular flexibility index (Phi) is 18.9. The lowest BCUT2D eigenvalue weighted by atomic mass is 10.1. The number of rotatable bonds is 26. The average molecular weight is 708 g/mol. The van der Waals surface area contributed by atoms with Gasteiger partial charge in [-0.2, -0.15) is 0 Å². The van der Waals surface area contributed by atoms with Gasteiger partial charge >= 0.3 is 6.36 Å². The van der Waals surface area contributed by atoms with Crippen LogP contribution in [0.1, 0.15) is 10.4 Å². The highest BCUT2D eigenvalue weighted by atomic mass is 19.4. The fraction of sp³-hybridized carbons (Fsp3) is 0.469. The van der Waals surface area contributed by atoms with Gasteiger partial charge in [-0.25, -0.2) is 9.97 Å². The first-order valence-electron chi connectivity index (χ1n) is 15.6. The van der Waals surface area contributed by atoms with Gasteiger partial charge < -0.3 is 43.8 Å². The number of carbonyl (C=O) groups is 1. The molecule has 0 bridgehead atoms. The molecule has 15 nitrogen and oxygen atoms in total. The third-order valence-electron chi connectivity index (χ3n) is 6.24. The Morgan fingerprint density at radius 1 is 0.760 bits per heavy atom. The number of carbonyl (C=O) groups excluding carboxylic acids is 1. The first kappa shape index (κ1) is 39.9. The first-order chi connectivity index (χ1) is 24.3. The lowest BCUT2D eigenvalue weighted by molar-refractivity contribution is -0.274. The van der Waals surface area contributed by atoms with Crippen molar-refractivity contribution in [3.8, 4) is 17.0 Å². The van der Waals surface area contributed by atoms with Crippen molar-refractivity contribution in [1.29, 1.82) is 0 Å². The van der Waals surface area contributed by atoms with Gasteiger partial charge in [0.2, 0.25) is 0 Å². The zero-order chi connectivity index (χ0) is 35.7. The van der Waals surface area contributed by atoms with Gasteiger partial charge in [0.25, 0.3) is 5.91 Å². The Morgan fingerprint density at radius 2 is 1.34 bits per heavy atom. The molecule has 0 aliphatic rings. The van der Waals surface area contributed by atoms with Gasteiger partial charge in [0.1, 0.15) is 17.9 Å². The van der Waals surface area contributed by atoms with E-state index in [9.17, 15) is 18.0 Å². The second-order valence-electron chi connectivity index (χ2n) is 9.95. The smallest absolute Gasteiger partial charge is 0.406 e. The van der Waals surface area contributed by atoms with Crippen LogP contribution >= 0.6 is 0 Å². The summed E-state index contributed by atoms with van der Waals surface area (Å²) in [7, 11) is 0. The van der Waals surface area contributed by atoms with Gasteiger partial charge in [-0.15, -0.1) is 13.2 Å². The molecular formula is C32H40F3N7O8. The Labute approximate surface area is 287 Å². The number of ether oxygens (including phenoxy) is 7. The van der Waals surface area contributed by atoms with E-state index in [4.69, 9.17) is 34.0 Å². The van der Waals surface area contributed by atoms with E-state index < -0.39 is 6.36 Å². The van der Waals surface area contributed by atoms with E-state index in [1.54, 1.807) is 30.3 Å². The number of azide groups is 1. The predicted octanol–water partition coefficient (Wildman–Crippen LogP) is 4.93. The number of alkyl halides is 3. The Morgan fingerprint density at radius 3 is 1.92 bits per heavy atom. The standard InChI is InChI=1S/C32H40F3N7O8/c33-32(34,35)50-28-6-4-27(5-7-28)41-30-23-29(38-24-39-30)25-2-1-3-26(22-25)31(43)37-8-10-44-12-14-46-16-18-48-20-21-49-19-17-47-15-13-45-11-9-40-42-36/h1-7,22-24H,8-21H2,(H,37,43)(H,38,39,41). The van der Waals surface area contributed by atoms with Crippen molar-refractivity contribution >= 4 is 17.4 Å². The molecule has 0 radical (unpaired) electrons. The molecule has 0 saturated heterocycles.